The number of nitrogens with zero attached hydrogens (tertiary/aromatic N) is 3. The fourth-order valence-electron chi connectivity index (χ4n) is 4.69. The van der Waals surface area contributed by atoms with Crippen molar-refractivity contribution in [2.75, 3.05) is 24.6 Å². The lowest BCUT2D eigenvalue weighted by Gasteiger charge is -2.35. The molecule has 162 valence electrons. The summed E-state index contributed by atoms with van der Waals surface area (Å²) in [7, 11) is 0. The summed E-state index contributed by atoms with van der Waals surface area (Å²) in [6.07, 6.45) is 7.64. The summed E-state index contributed by atoms with van der Waals surface area (Å²) in [5, 5.41) is 3.36. The highest BCUT2D eigenvalue weighted by atomic mass is 16.5. The van der Waals surface area contributed by atoms with Gasteiger partial charge < -0.3 is 15.0 Å². The van der Waals surface area contributed by atoms with Crippen molar-refractivity contribution in [2.45, 2.75) is 64.8 Å². The molecule has 30 heavy (non-hydrogen) atoms. The van der Waals surface area contributed by atoms with Crippen LogP contribution in [-0.2, 0) is 4.79 Å². The van der Waals surface area contributed by atoms with Crippen LogP contribution in [0.3, 0.4) is 0 Å². The van der Waals surface area contributed by atoms with Gasteiger partial charge in [-0.2, -0.15) is 0 Å². The van der Waals surface area contributed by atoms with Crippen molar-refractivity contribution in [3.63, 3.8) is 0 Å². The highest BCUT2D eigenvalue weighted by molar-refractivity contribution is 5.81. The lowest BCUT2D eigenvalue weighted by molar-refractivity contribution is -0.126. The molecule has 2 aromatic rings. The van der Waals surface area contributed by atoms with Gasteiger partial charge in [0, 0.05) is 19.1 Å². The van der Waals surface area contributed by atoms with E-state index in [0.29, 0.717) is 31.0 Å². The van der Waals surface area contributed by atoms with Crippen molar-refractivity contribution < 1.29 is 9.53 Å². The molecule has 1 amide bonds. The van der Waals surface area contributed by atoms with E-state index in [2.05, 4.69) is 24.1 Å². The number of ether oxygens (including phenoxy) is 1. The van der Waals surface area contributed by atoms with Gasteiger partial charge in [0.2, 0.25) is 5.91 Å². The van der Waals surface area contributed by atoms with E-state index in [4.69, 9.17) is 14.7 Å². The summed E-state index contributed by atoms with van der Waals surface area (Å²) < 4.78 is 5.96. The van der Waals surface area contributed by atoms with Gasteiger partial charge in [-0.05, 0) is 50.2 Å². The van der Waals surface area contributed by atoms with Crippen LogP contribution in [0.5, 0.6) is 5.88 Å². The van der Waals surface area contributed by atoms with E-state index in [1.165, 1.54) is 19.3 Å². The summed E-state index contributed by atoms with van der Waals surface area (Å²) in [6, 6.07) is 8.21. The fraction of sp³-hybridized carbons (Fsp3) is 0.625. The number of hydrogen-bond acceptors (Lipinski definition) is 5. The van der Waals surface area contributed by atoms with Gasteiger partial charge in [0.05, 0.1) is 23.6 Å². The molecule has 1 saturated carbocycles. The monoisotopic (exact) mass is 410 g/mol. The molecule has 6 heteroatoms. The second-order valence-corrected chi connectivity index (χ2v) is 8.85. The van der Waals surface area contributed by atoms with Crippen LogP contribution < -0.4 is 15.0 Å². The first-order valence-corrected chi connectivity index (χ1v) is 11.6. The highest BCUT2D eigenvalue weighted by Crippen LogP contribution is 2.31. The van der Waals surface area contributed by atoms with Crippen LogP contribution in [0.2, 0.25) is 0 Å². The lowest BCUT2D eigenvalue weighted by atomic mass is 9.85. The zero-order chi connectivity index (χ0) is 20.9. The number of rotatable bonds is 6. The number of nitrogens with one attached hydrogen (secondary N) is 1. The maximum Gasteiger partial charge on any atom is 0.258 e. The van der Waals surface area contributed by atoms with Crippen LogP contribution in [0, 0.1) is 11.8 Å². The fourth-order valence-corrected chi connectivity index (χ4v) is 4.69. The Bertz CT molecular complexity index is 871. The molecule has 2 fully saturated rings. The molecule has 1 aromatic heterocycles. The summed E-state index contributed by atoms with van der Waals surface area (Å²) in [5.74, 6) is 2.11. The quantitative estimate of drug-likeness (QED) is 0.768. The third kappa shape index (κ3) is 4.68. The molecular formula is C24H34N4O2. The molecule has 2 heterocycles. The Morgan fingerprint density at radius 2 is 1.90 bits per heavy atom. The molecular weight excluding hydrogens is 376 g/mol. The maximum atomic E-state index is 13.1. The summed E-state index contributed by atoms with van der Waals surface area (Å²) in [6.45, 7) is 6.50. The van der Waals surface area contributed by atoms with Gasteiger partial charge in [0.1, 0.15) is 0 Å². The van der Waals surface area contributed by atoms with Gasteiger partial charge >= 0.3 is 0 Å². The van der Waals surface area contributed by atoms with Crippen molar-refractivity contribution in [3.05, 3.63) is 24.3 Å². The van der Waals surface area contributed by atoms with E-state index in [1.54, 1.807) is 0 Å². The zero-order valence-corrected chi connectivity index (χ0v) is 18.3. The highest BCUT2D eigenvalue weighted by Gasteiger charge is 2.31. The average Bonchev–Trinajstić information content (AvgIpc) is 2.78. The van der Waals surface area contributed by atoms with Crippen LogP contribution in [0.25, 0.3) is 11.0 Å². The second kappa shape index (κ2) is 9.63. The van der Waals surface area contributed by atoms with Gasteiger partial charge in [-0.1, -0.05) is 38.8 Å². The third-order valence-corrected chi connectivity index (χ3v) is 6.50. The predicted molar refractivity (Wildman–Crippen MR) is 120 cm³/mol. The van der Waals surface area contributed by atoms with Gasteiger partial charge in [0.15, 0.2) is 5.82 Å². The molecule has 1 aromatic carbocycles. The molecule has 0 spiro atoms. The summed E-state index contributed by atoms with van der Waals surface area (Å²) >= 11 is 0. The largest absolute Gasteiger partial charge is 0.475 e. The van der Waals surface area contributed by atoms with E-state index in [9.17, 15) is 4.79 Å². The number of fused-ring (bicyclic) bond motifs is 1. The number of piperidine rings is 1. The van der Waals surface area contributed by atoms with Crippen molar-refractivity contribution >= 4 is 22.8 Å². The number of carbonyl (C=O) groups is 1. The van der Waals surface area contributed by atoms with Crippen molar-refractivity contribution in [2.24, 2.45) is 11.8 Å². The van der Waals surface area contributed by atoms with Crippen LogP contribution >= 0.6 is 0 Å². The number of benzene rings is 1. The Morgan fingerprint density at radius 1 is 1.13 bits per heavy atom. The summed E-state index contributed by atoms with van der Waals surface area (Å²) in [4.78, 5) is 24.9. The number of anilines is 1. The van der Waals surface area contributed by atoms with Crippen LogP contribution in [0.4, 0.5) is 5.82 Å². The second-order valence-electron chi connectivity index (χ2n) is 8.85. The molecule has 4 rings (SSSR count). The van der Waals surface area contributed by atoms with Crippen molar-refractivity contribution in [1.29, 1.82) is 0 Å². The molecule has 3 atom stereocenters. The first kappa shape index (κ1) is 20.9. The van der Waals surface area contributed by atoms with Crippen molar-refractivity contribution in [3.8, 4) is 5.88 Å². The number of amides is 1. The Labute approximate surface area is 179 Å². The number of aromatic nitrogens is 2. The van der Waals surface area contributed by atoms with Gasteiger partial charge in [-0.25, -0.2) is 9.97 Å². The Balaban J connectivity index is 1.52. The zero-order valence-electron chi connectivity index (χ0n) is 18.3. The van der Waals surface area contributed by atoms with E-state index >= 15 is 0 Å². The average molecular weight is 411 g/mol. The minimum Gasteiger partial charge on any atom is -0.475 e. The van der Waals surface area contributed by atoms with E-state index in [0.717, 1.165) is 49.1 Å². The smallest absolute Gasteiger partial charge is 0.258 e. The summed E-state index contributed by atoms with van der Waals surface area (Å²) in [5.41, 5.74) is 1.70. The topological polar surface area (TPSA) is 67.4 Å². The molecule has 2 aliphatic rings. The van der Waals surface area contributed by atoms with E-state index in [-0.39, 0.29) is 11.8 Å². The third-order valence-electron chi connectivity index (χ3n) is 6.50. The predicted octanol–water partition coefficient (Wildman–Crippen LogP) is 4.33. The van der Waals surface area contributed by atoms with E-state index < -0.39 is 0 Å². The van der Waals surface area contributed by atoms with Gasteiger partial charge in [0.25, 0.3) is 5.88 Å². The Hall–Kier alpha value is -2.37. The number of carbonyl (C=O) groups excluding carboxylic acids is 1. The van der Waals surface area contributed by atoms with Crippen molar-refractivity contribution in [1.82, 2.24) is 15.3 Å². The number of para-hydroxylation sites is 2. The minimum atomic E-state index is -0.0137. The molecule has 1 saturated heterocycles. The number of hydrogen-bond donors (Lipinski definition) is 1. The normalized spacial score (nSPS) is 24.6. The van der Waals surface area contributed by atoms with Crippen LogP contribution in [-0.4, -0.2) is 41.6 Å². The molecule has 6 nitrogen and oxygen atoms in total. The van der Waals surface area contributed by atoms with Gasteiger partial charge in [-0.15, -0.1) is 0 Å². The first-order chi connectivity index (χ1) is 14.7. The maximum absolute atomic E-state index is 13.1. The SMILES string of the molecule is CCCOc1nc2ccccc2nc1N1CCC[C@H](C(=O)N[C@H]2CCCC[C@H]2C)C1. The minimum absolute atomic E-state index is 0.0137. The molecule has 1 aliphatic heterocycles. The first-order valence-electron chi connectivity index (χ1n) is 11.6. The lowest BCUT2D eigenvalue weighted by Crippen LogP contribution is -2.48. The van der Waals surface area contributed by atoms with Crippen LogP contribution in [0.1, 0.15) is 58.8 Å². The Morgan fingerprint density at radius 3 is 2.67 bits per heavy atom. The van der Waals surface area contributed by atoms with E-state index in [1.807, 2.05) is 24.3 Å². The molecule has 0 radical (unpaired) electrons. The molecule has 0 bridgehead atoms. The molecule has 0 unspecified atom stereocenters. The van der Waals surface area contributed by atoms with Gasteiger partial charge in [-0.3, -0.25) is 4.79 Å². The standard InChI is InChI=1S/C24H34N4O2/c1-3-15-30-24-22(25-20-12-6-7-13-21(20)27-24)28-14-8-10-18(16-28)23(29)26-19-11-5-4-9-17(19)2/h6-7,12-13,17-19H,3-5,8-11,14-16H2,1-2H3,(H,26,29)/t17-,18+,19+/m1/s1. The molecule has 1 N–H and O–H groups in total. The van der Waals surface area contributed by atoms with Crippen LogP contribution in [0.15, 0.2) is 24.3 Å². The molecule has 1 aliphatic carbocycles. The Kier molecular flexibility index (Phi) is 6.70.